The standard InChI is InChI=1S/C20H20FNO2/c21-18-7-6-15-8-9-22(13-16(15)10-18)19(23)20(24)11-17(12-20)14-4-2-1-3-5-14/h1-7,10,17,24H,8-9,11-13H2. The Hall–Kier alpha value is -2.20. The number of amides is 1. The second-order valence-corrected chi connectivity index (χ2v) is 6.94. The fourth-order valence-electron chi connectivity index (χ4n) is 3.88. The van der Waals surface area contributed by atoms with Gasteiger partial charge in [0.25, 0.3) is 5.91 Å². The third kappa shape index (κ3) is 2.61. The number of halogens is 1. The minimum absolute atomic E-state index is 0.218. The molecule has 0 saturated heterocycles. The zero-order chi connectivity index (χ0) is 16.7. The molecule has 2 aromatic carbocycles. The van der Waals surface area contributed by atoms with E-state index in [1.54, 1.807) is 11.0 Å². The van der Waals surface area contributed by atoms with E-state index in [-0.39, 0.29) is 17.6 Å². The van der Waals surface area contributed by atoms with Crippen molar-refractivity contribution >= 4 is 5.91 Å². The SMILES string of the molecule is O=C(N1CCc2ccc(F)cc2C1)C1(O)CC(c2ccccc2)C1. The molecule has 1 N–H and O–H groups in total. The predicted octanol–water partition coefficient (Wildman–Crippen LogP) is 3.02. The van der Waals surface area contributed by atoms with Crippen LogP contribution in [0.4, 0.5) is 4.39 Å². The molecule has 124 valence electrons. The molecule has 4 rings (SSSR count). The number of benzene rings is 2. The summed E-state index contributed by atoms with van der Waals surface area (Å²) in [5.41, 5.74) is 1.83. The molecule has 1 fully saturated rings. The van der Waals surface area contributed by atoms with Gasteiger partial charge in [-0.3, -0.25) is 4.79 Å². The largest absolute Gasteiger partial charge is 0.380 e. The molecular weight excluding hydrogens is 305 g/mol. The maximum atomic E-state index is 13.4. The van der Waals surface area contributed by atoms with Gasteiger partial charge in [0, 0.05) is 13.1 Å². The molecule has 1 saturated carbocycles. The smallest absolute Gasteiger partial charge is 0.254 e. The molecule has 1 amide bonds. The fourth-order valence-corrected chi connectivity index (χ4v) is 3.88. The van der Waals surface area contributed by atoms with Crippen molar-refractivity contribution in [1.29, 1.82) is 0 Å². The number of carbonyl (C=O) groups excluding carboxylic acids is 1. The van der Waals surface area contributed by atoms with Gasteiger partial charge in [-0.15, -0.1) is 0 Å². The second-order valence-electron chi connectivity index (χ2n) is 6.94. The van der Waals surface area contributed by atoms with Crippen LogP contribution in [0.15, 0.2) is 48.5 Å². The Balaban J connectivity index is 1.45. The van der Waals surface area contributed by atoms with E-state index < -0.39 is 5.60 Å². The Morgan fingerprint density at radius 3 is 2.62 bits per heavy atom. The van der Waals surface area contributed by atoms with Gasteiger partial charge in [-0.05, 0) is 54.0 Å². The molecule has 0 radical (unpaired) electrons. The van der Waals surface area contributed by atoms with E-state index >= 15 is 0 Å². The van der Waals surface area contributed by atoms with Crippen LogP contribution in [-0.2, 0) is 17.8 Å². The average Bonchev–Trinajstić information content (AvgIpc) is 2.58. The van der Waals surface area contributed by atoms with Crippen molar-refractivity contribution in [2.75, 3.05) is 6.54 Å². The number of nitrogens with zero attached hydrogens (tertiary/aromatic N) is 1. The lowest BCUT2D eigenvalue weighted by Crippen LogP contribution is -2.56. The zero-order valence-electron chi connectivity index (χ0n) is 13.4. The van der Waals surface area contributed by atoms with Crippen LogP contribution < -0.4 is 0 Å². The van der Waals surface area contributed by atoms with Crippen molar-refractivity contribution in [3.05, 3.63) is 71.0 Å². The van der Waals surface area contributed by atoms with Crippen molar-refractivity contribution in [2.45, 2.75) is 37.3 Å². The first-order chi connectivity index (χ1) is 11.5. The molecule has 0 aromatic heterocycles. The molecule has 0 bridgehead atoms. The second kappa shape index (κ2) is 5.71. The molecule has 1 aliphatic heterocycles. The summed E-state index contributed by atoms with van der Waals surface area (Å²) in [5, 5.41) is 10.7. The number of fused-ring (bicyclic) bond motifs is 1. The van der Waals surface area contributed by atoms with Gasteiger partial charge >= 0.3 is 0 Å². The van der Waals surface area contributed by atoms with Crippen LogP contribution in [0, 0.1) is 5.82 Å². The third-order valence-electron chi connectivity index (χ3n) is 5.31. The lowest BCUT2D eigenvalue weighted by atomic mass is 9.67. The van der Waals surface area contributed by atoms with E-state index in [0.29, 0.717) is 32.4 Å². The summed E-state index contributed by atoms with van der Waals surface area (Å²) in [7, 11) is 0. The van der Waals surface area contributed by atoms with E-state index in [9.17, 15) is 14.3 Å². The monoisotopic (exact) mass is 325 g/mol. The van der Waals surface area contributed by atoms with Crippen LogP contribution in [0.3, 0.4) is 0 Å². The van der Waals surface area contributed by atoms with Gasteiger partial charge in [0.15, 0.2) is 0 Å². The third-order valence-corrected chi connectivity index (χ3v) is 5.31. The Labute approximate surface area is 140 Å². The highest BCUT2D eigenvalue weighted by Crippen LogP contribution is 2.46. The molecule has 24 heavy (non-hydrogen) atoms. The fraction of sp³-hybridized carbons (Fsp3) is 0.350. The Morgan fingerprint density at radius 1 is 1.12 bits per heavy atom. The van der Waals surface area contributed by atoms with Crippen molar-refractivity contribution in [1.82, 2.24) is 4.90 Å². The highest BCUT2D eigenvalue weighted by Gasteiger charge is 2.50. The van der Waals surface area contributed by atoms with Crippen molar-refractivity contribution in [3.63, 3.8) is 0 Å². The van der Waals surface area contributed by atoms with Crippen LogP contribution in [-0.4, -0.2) is 28.1 Å². The van der Waals surface area contributed by atoms with E-state index in [4.69, 9.17) is 0 Å². The van der Waals surface area contributed by atoms with Crippen LogP contribution in [0.25, 0.3) is 0 Å². The first kappa shape index (κ1) is 15.3. The van der Waals surface area contributed by atoms with Crippen LogP contribution in [0.2, 0.25) is 0 Å². The first-order valence-corrected chi connectivity index (χ1v) is 8.39. The molecule has 2 aromatic rings. The number of aliphatic hydroxyl groups is 1. The van der Waals surface area contributed by atoms with Gasteiger partial charge in [-0.25, -0.2) is 4.39 Å². The van der Waals surface area contributed by atoms with Crippen LogP contribution in [0.5, 0.6) is 0 Å². The molecule has 4 heteroatoms. The summed E-state index contributed by atoms with van der Waals surface area (Å²) in [6, 6.07) is 14.7. The predicted molar refractivity (Wildman–Crippen MR) is 88.9 cm³/mol. The Bertz CT molecular complexity index is 768. The number of hydrogen-bond donors (Lipinski definition) is 1. The van der Waals surface area contributed by atoms with Gasteiger partial charge < -0.3 is 10.0 Å². The van der Waals surface area contributed by atoms with E-state index in [1.807, 2.05) is 30.3 Å². The lowest BCUT2D eigenvalue weighted by molar-refractivity contribution is -0.163. The molecule has 0 unspecified atom stereocenters. The molecule has 1 aliphatic carbocycles. The molecule has 1 heterocycles. The molecule has 2 aliphatic rings. The summed E-state index contributed by atoms with van der Waals surface area (Å²) < 4.78 is 13.4. The zero-order valence-corrected chi connectivity index (χ0v) is 13.4. The average molecular weight is 325 g/mol. The van der Waals surface area contributed by atoms with E-state index in [1.165, 1.54) is 17.7 Å². The molecule has 0 atom stereocenters. The number of rotatable bonds is 2. The Morgan fingerprint density at radius 2 is 1.88 bits per heavy atom. The van der Waals surface area contributed by atoms with E-state index in [2.05, 4.69) is 0 Å². The van der Waals surface area contributed by atoms with Crippen LogP contribution >= 0.6 is 0 Å². The van der Waals surface area contributed by atoms with Crippen molar-refractivity contribution < 1.29 is 14.3 Å². The summed E-state index contributed by atoms with van der Waals surface area (Å²) >= 11 is 0. The summed E-state index contributed by atoms with van der Waals surface area (Å²) in [5.74, 6) is -0.270. The lowest BCUT2D eigenvalue weighted by Gasteiger charge is -2.45. The Kier molecular flexibility index (Phi) is 3.65. The topological polar surface area (TPSA) is 40.5 Å². The molecule has 0 spiro atoms. The highest BCUT2D eigenvalue weighted by atomic mass is 19.1. The highest BCUT2D eigenvalue weighted by molar-refractivity contribution is 5.86. The quantitative estimate of drug-likeness (QED) is 0.922. The van der Waals surface area contributed by atoms with E-state index in [0.717, 1.165) is 11.1 Å². The first-order valence-electron chi connectivity index (χ1n) is 8.39. The normalized spacial score (nSPS) is 25.8. The van der Waals surface area contributed by atoms with Crippen molar-refractivity contribution in [3.8, 4) is 0 Å². The summed E-state index contributed by atoms with van der Waals surface area (Å²) in [4.78, 5) is 14.4. The number of carbonyl (C=O) groups is 1. The summed E-state index contributed by atoms with van der Waals surface area (Å²) in [6.07, 6.45) is 1.63. The summed E-state index contributed by atoms with van der Waals surface area (Å²) in [6.45, 7) is 0.958. The molecular formula is C20H20FNO2. The minimum atomic E-state index is -1.27. The maximum absolute atomic E-state index is 13.4. The van der Waals surface area contributed by atoms with Crippen LogP contribution in [0.1, 0.15) is 35.4 Å². The van der Waals surface area contributed by atoms with Gasteiger partial charge in [0.1, 0.15) is 11.4 Å². The minimum Gasteiger partial charge on any atom is -0.380 e. The molecule has 3 nitrogen and oxygen atoms in total. The van der Waals surface area contributed by atoms with Gasteiger partial charge in [-0.1, -0.05) is 36.4 Å². The van der Waals surface area contributed by atoms with Gasteiger partial charge in [0.05, 0.1) is 0 Å². The number of hydrogen-bond acceptors (Lipinski definition) is 2. The van der Waals surface area contributed by atoms with Gasteiger partial charge in [0.2, 0.25) is 0 Å². The van der Waals surface area contributed by atoms with Gasteiger partial charge in [-0.2, -0.15) is 0 Å². The maximum Gasteiger partial charge on any atom is 0.254 e. The van der Waals surface area contributed by atoms with Crippen molar-refractivity contribution in [2.24, 2.45) is 0 Å².